The fraction of sp³-hybridized carbons (Fsp3) is 0.450. The molecule has 0 heterocycles. The topological polar surface area (TPSA) is 228 Å². The van der Waals surface area contributed by atoms with E-state index in [0.29, 0.717) is 5.56 Å². The molecule has 0 saturated heterocycles. The lowest BCUT2D eigenvalue weighted by molar-refractivity contribution is -0.143. The van der Waals surface area contributed by atoms with Gasteiger partial charge >= 0.3 is 11.9 Å². The van der Waals surface area contributed by atoms with Crippen LogP contribution < -0.4 is 21.7 Å². The number of hydrogen-bond donors (Lipinski definition) is 8. The average molecular weight is 468 g/mol. The van der Waals surface area contributed by atoms with Crippen LogP contribution >= 0.6 is 0 Å². The zero-order valence-electron chi connectivity index (χ0n) is 17.8. The molecular weight excluding hydrogens is 440 g/mol. The van der Waals surface area contributed by atoms with Gasteiger partial charge < -0.3 is 42.1 Å². The first kappa shape index (κ1) is 27.5. The van der Waals surface area contributed by atoms with E-state index in [1.54, 1.807) is 30.3 Å². The summed E-state index contributed by atoms with van der Waals surface area (Å²) in [5.41, 5.74) is 6.03. The van der Waals surface area contributed by atoms with Crippen LogP contribution in [0.2, 0.25) is 0 Å². The third-order valence-corrected chi connectivity index (χ3v) is 4.51. The van der Waals surface area contributed by atoms with Crippen molar-refractivity contribution in [1.82, 2.24) is 16.0 Å². The molecule has 0 radical (unpaired) electrons. The molecule has 0 spiro atoms. The van der Waals surface area contributed by atoms with Crippen LogP contribution in [0.1, 0.15) is 18.9 Å². The first-order valence-corrected chi connectivity index (χ1v) is 9.90. The molecule has 9 N–H and O–H groups in total. The van der Waals surface area contributed by atoms with Crippen molar-refractivity contribution in [3.8, 4) is 0 Å². The molecule has 0 aliphatic rings. The van der Waals surface area contributed by atoms with Crippen molar-refractivity contribution in [3.63, 3.8) is 0 Å². The first-order chi connectivity index (χ1) is 15.5. The third-order valence-electron chi connectivity index (χ3n) is 4.51. The minimum Gasteiger partial charge on any atom is -0.481 e. The molecule has 33 heavy (non-hydrogen) atoms. The summed E-state index contributed by atoms with van der Waals surface area (Å²) < 4.78 is 0. The van der Waals surface area contributed by atoms with E-state index >= 15 is 0 Å². The minimum atomic E-state index is -1.62. The third kappa shape index (κ3) is 9.22. The van der Waals surface area contributed by atoms with Crippen molar-refractivity contribution in [2.45, 2.75) is 50.0 Å². The van der Waals surface area contributed by atoms with Crippen LogP contribution in [0.15, 0.2) is 30.3 Å². The molecule has 5 atom stereocenters. The van der Waals surface area contributed by atoms with Gasteiger partial charge in [-0.1, -0.05) is 30.3 Å². The van der Waals surface area contributed by atoms with E-state index in [9.17, 15) is 39.3 Å². The zero-order chi connectivity index (χ0) is 25.1. The highest BCUT2D eigenvalue weighted by molar-refractivity contribution is 5.95. The highest BCUT2D eigenvalue weighted by Crippen LogP contribution is 2.05. The van der Waals surface area contributed by atoms with Gasteiger partial charge in [0.05, 0.1) is 25.2 Å². The van der Waals surface area contributed by atoms with E-state index in [1.807, 2.05) is 5.32 Å². The molecule has 3 amide bonds. The van der Waals surface area contributed by atoms with Gasteiger partial charge in [0.25, 0.3) is 0 Å². The van der Waals surface area contributed by atoms with Gasteiger partial charge in [-0.15, -0.1) is 0 Å². The molecule has 0 aromatic heterocycles. The monoisotopic (exact) mass is 468 g/mol. The van der Waals surface area contributed by atoms with E-state index in [0.717, 1.165) is 0 Å². The number of aliphatic hydroxyl groups excluding tert-OH is 2. The Labute approximate surface area is 189 Å². The predicted molar refractivity (Wildman–Crippen MR) is 113 cm³/mol. The number of aliphatic hydroxyl groups is 2. The fourth-order valence-electron chi connectivity index (χ4n) is 2.72. The lowest BCUT2D eigenvalue weighted by Crippen LogP contribution is -2.60. The Bertz CT molecular complexity index is 847. The van der Waals surface area contributed by atoms with Crippen LogP contribution in [-0.4, -0.2) is 87.0 Å². The Balaban J connectivity index is 2.85. The summed E-state index contributed by atoms with van der Waals surface area (Å²) in [4.78, 5) is 59.2. The summed E-state index contributed by atoms with van der Waals surface area (Å²) in [5.74, 6) is -5.80. The number of rotatable bonds is 13. The van der Waals surface area contributed by atoms with E-state index in [4.69, 9.17) is 10.8 Å². The Morgan fingerprint density at radius 3 is 1.97 bits per heavy atom. The van der Waals surface area contributed by atoms with Gasteiger partial charge in [0.1, 0.15) is 18.1 Å². The van der Waals surface area contributed by atoms with Crippen molar-refractivity contribution in [2.24, 2.45) is 5.73 Å². The van der Waals surface area contributed by atoms with Crippen LogP contribution in [0.3, 0.4) is 0 Å². The molecule has 1 aromatic rings. The zero-order valence-corrected chi connectivity index (χ0v) is 17.8. The van der Waals surface area contributed by atoms with Gasteiger partial charge in [-0.3, -0.25) is 19.2 Å². The van der Waals surface area contributed by atoms with Crippen LogP contribution in [0.4, 0.5) is 0 Å². The number of benzene rings is 1. The van der Waals surface area contributed by atoms with E-state index in [1.165, 1.54) is 6.92 Å². The largest absolute Gasteiger partial charge is 0.481 e. The number of aliphatic carboxylic acids is 2. The van der Waals surface area contributed by atoms with Crippen LogP contribution in [0.25, 0.3) is 0 Å². The second-order valence-electron chi connectivity index (χ2n) is 7.26. The molecular formula is C20H28N4O9. The second kappa shape index (κ2) is 13.1. The summed E-state index contributed by atoms with van der Waals surface area (Å²) in [6.07, 6.45) is -2.24. The van der Waals surface area contributed by atoms with Gasteiger partial charge in [-0.05, 0) is 12.5 Å². The maximum Gasteiger partial charge on any atom is 0.326 e. The number of carboxylic acid groups (broad SMARTS) is 2. The van der Waals surface area contributed by atoms with Gasteiger partial charge in [0.2, 0.25) is 17.7 Å². The highest BCUT2D eigenvalue weighted by atomic mass is 16.4. The summed E-state index contributed by atoms with van der Waals surface area (Å²) >= 11 is 0. The van der Waals surface area contributed by atoms with Crippen molar-refractivity contribution >= 4 is 29.7 Å². The van der Waals surface area contributed by atoms with Crippen LogP contribution in [0, 0.1) is 0 Å². The summed E-state index contributed by atoms with van der Waals surface area (Å²) in [7, 11) is 0. The van der Waals surface area contributed by atoms with E-state index in [2.05, 4.69) is 10.6 Å². The van der Waals surface area contributed by atoms with Crippen molar-refractivity contribution in [3.05, 3.63) is 35.9 Å². The molecule has 0 aliphatic carbocycles. The van der Waals surface area contributed by atoms with Crippen LogP contribution in [0.5, 0.6) is 0 Å². The van der Waals surface area contributed by atoms with E-state index in [-0.39, 0.29) is 6.42 Å². The SMILES string of the molecule is CC(O)C(NC(=O)C(CO)NC(=O)C(N)CC(=O)O)C(=O)NC(Cc1ccccc1)C(=O)O. The molecule has 0 bridgehead atoms. The molecule has 0 saturated carbocycles. The average Bonchev–Trinajstić information content (AvgIpc) is 2.74. The summed E-state index contributed by atoms with van der Waals surface area (Å²) in [6, 6.07) is 2.39. The lowest BCUT2D eigenvalue weighted by Gasteiger charge is -2.25. The number of amides is 3. The lowest BCUT2D eigenvalue weighted by atomic mass is 10.0. The molecule has 13 heteroatoms. The minimum absolute atomic E-state index is 0.0564. The number of nitrogens with one attached hydrogen (secondary N) is 3. The number of carbonyl (C=O) groups is 5. The van der Waals surface area contributed by atoms with Crippen LogP contribution in [-0.2, 0) is 30.4 Å². The normalized spacial score (nSPS) is 15.3. The quantitative estimate of drug-likeness (QED) is 0.146. The number of hydrogen-bond acceptors (Lipinski definition) is 8. The molecule has 5 unspecified atom stereocenters. The molecule has 0 aliphatic heterocycles. The number of carbonyl (C=O) groups excluding carboxylic acids is 3. The fourth-order valence-corrected chi connectivity index (χ4v) is 2.72. The predicted octanol–water partition coefficient (Wildman–Crippen LogP) is -3.06. The molecule has 182 valence electrons. The Kier molecular flexibility index (Phi) is 10.9. The van der Waals surface area contributed by atoms with Gasteiger partial charge in [0, 0.05) is 6.42 Å². The number of nitrogens with two attached hydrogens (primary N) is 1. The molecule has 13 nitrogen and oxygen atoms in total. The van der Waals surface area contributed by atoms with Crippen molar-refractivity contribution in [2.75, 3.05) is 6.61 Å². The van der Waals surface area contributed by atoms with Crippen molar-refractivity contribution in [1.29, 1.82) is 0 Å². The van der Waals surface area contributed by atoms with Gasteiger partial charge in [0.15, 0.2) is 0 Å². The number of carboxylic acids is 2. The highest BCUT2D eigenvalue weighted by Gasteiger charge is 2.32. The summed E-state index contributed by atoms with van der Waals surface area (Å²) in [6.45, 7) is 0.254. The Hall–Kier alpha value is -3.55. The maximum absolute atomic E-state index is 12.6. The smallest absolute Gasteiger partial charge is 0.326 e. The molecule has 1 rings (SSSR count). The second-order valence-corrected chi connectivity index (χ2v) is 7.26. The van der Waals surface area contributed by atoms with Crippen molar-refractivity contribution < 1.29 is 44.4 Å². The van der Waals surface area contributed by atoms with Gasteiger partial charge in [-0.2, -0.15) is 0 Å². The Morgan fingerprint density at radius 2 is 1.48 bits per heavy atom. The molecule has 1 aromatic carbocycles. The molecule has 0 fully saturated rings. The van der Waals surface area contributed by atoms with E-state index < -0.39 is 73.0 Å². The first-order valence-electron chi connectivity index (χ1n) is 9.90. The maximum atomic E-state index is 12.6. The Morgan fingerprint density at radius 1 is 0.909 bits per heavy atom. The van der Waals surface area contributed by atoms with Gasteiger partial charge in [-0.25, -0.2) is 4.79 Å². The standard InChI is InChI=1S/C20H28N4O9/c1-10(26)16(19(31)22-13(20(32)33)7-11-5-3-2-4-6-11)24-18(30)14(9-25)23-17(29)12(21)8-15(27)28/h2-6,10,12-14,16,25-26H,7-9,21H2,1H3,(H,22,31)(H,23,29)(H,24,30)(H,27,28)(H,32,33). The summed E-state index contributed by atoms with van der Waals surface area (Å²) in [5, 5.41) is 43.9.